The van der Waals surface area contributed by atoms with Crippen molar-refractivity contribution >= 4 is 22.4 Å². The van der Waals surface area contributed by atoms with E-state index in [1.807, 2.05) is 18.6 Å². The molecule has 0 saturated heterocycles. The number of allylic oxidation sites excluding steroid dienone is 2. The van der Waals surface area contributed by atoms with E-state index < -0.39 is 0 Å². The molecule has 6 bridgehead atoms. The van der Waals surface area contributed by atoms with E-state index in [1.54, 1.807) is 0 Å². The molecule has 5 heterocycles. The van der Waals surface area contributed by atoms with Crippen molar-refractivity contribution < 1.29 is 8.83 Å². The number of benzene rings is 3. The minimum Gasteiger partial charge on any atom is -0.471 e. The number of aryl methyl sites for hydroxylation is 2. The number of nitrogens with one attached hydrogen (secondary N) is 1. The molecule has 0 amide bonds. The molecule has 0 fully saturated rings. The number of aromatic nitrogens is 1. The Labute approximate surface area is 249 Å². The van der Waals surface area contributed by atoms with Gasteiger partial charge in [0.25, 0.3) is 0 Å². The predicted octanol–water partition coefficient (Wildman–Crippen LogP) is 7.71. The number of aromatic amines is 1. The van der Waals surface area contributed by atoms with Crippen LogP contribution >= 0.6 is 0 Å². The van der Waals surface area contributed by atoms with Gasteiger partial charge in [-0.15, -0.1) is 0 Å². The molecule has 0 unspecified atom stereocenters. The Hall–Kier alpha value is -5.61. The zero-order chi connectivity index (χ0) is 28.9. The Balaban J connectivity index is 1.50. The molecule has 4 nitrogen and oxygen atoms in total. The van der Waals surface area contributed by atoms with Gasteiger partial charge in [0.15, 0.2) is 0 Å². The molecule has 4 heteroatoms. The van der Waals surface area contributed by atoms with Crippen LogP contribution in [-0.4, -0.2) is 10.7 Å². The maximum absolute atomic E-state index is 6.76. The maximum Gasteiger partial charge on any atom is 0.137 e. The SMILES string of the molecule is Cc1ccc(/C2=c3\cc/c(o3)=C(\c3ccc(C)cc3)c3ccc([nH]3)-c3cocc3/C(c3ccccc3)=C3/C=CC2=N3)cc1. The molecule has 0 aliphatic carbocycles. The zero-order valence-corrected chi connectivity index (χ0v) is 23.9. The van der Waals surface area contributed by atoms with Crippen LogP contribution in [-0.2, 0) is 0 Å². The van der Waals surface area contributed by atoms with Gasteiger partial charge in [-0.1, -0.05) is 90.0 Å². The Bertz CT molecular complexity index is 2220. The van der Waals surface area contributed by atoms with E-state index >= 15 is 0 Å². The van der Waals surface area contributed by atoms with Crippen LogP contribution in [0.1, 0.15) is 39.1 Å². The fourth-order valence-electron chi connectivity index (χ4n) is 5.98. The van der Waals surface area contributed by atoms with Crippen molar-refractivity contribution in [3.05, 3.63) is 183 Å². The second-order valence-corrected chi connectivity index (χ2v) is 11.1. The van der Waals surface area contributed by atoms with Crippen LogP contribution in [0.3, 0.4) is 0 Å². The highest BCUT2D eigenvalue weighted by Crippen LogP contribution is 2.38. The number of nitrogens with zero attached hydrogens (tertiary/aromatic N) is 1. The van der Waals surface area contributed by atoms with Gasteiger partial charge in [0.1, 0.15) is 17.1 Å². The van der Waals surface area contributed by atoms with Gasteiger partial charge in [0, 0.05) is 28.0 Å². The summed E-state index contributed by atoms with van der Waals surface area (Å²) in [6.45, 7) is 4.20. The van der Waals surface area contributed by atoms with Gasteiger partial charge in [-0.25, -0.2) is 4.99 Å². The van der Waals surface area contributed by atoms with Crippen LogP contribution < -0.4 is 10.8 Å². The highest BCUT2D eigenvalue weighted by Gasteiger charge is 2.23. The van der Waals surface area contributed by atoms with E-state index in [0.29, 0.717) is 0 Å². The molecule has 2 aliphatic heterocycles. The van der Waals surface area contributed by atoms with E-state index in [1.165, 1.54) is 11.1 Å². The number of H-pyrrole nitrogens is 1. The summed E-state index contributed by atoms with van der Waals surface area (Å²) in [6, 6.07) is 35.9. The lowest BCUT2D eigenvalue weighted by Gasteiger charge is -2.11. The van der Waals surface area contributed by atoms with Gasteiger partial charge in [0.2, 0.25) is 0 Å². The number of furan rings is 2. The molecule has 0 radical (unpaired) electrons. The van der Waals surface area contributed by atoms with Crippen LogP contribution in [0, 0.1) is 13.8 Å². The molecule has 0 spiro atoms. The van der Waals surface area contributed by atoms with Crippen LogP contribution in [0.25, 0.3) is 28.0 Å². The quantitative estimate of drug-likeness (QED) is 0.243. The first-order chi connectivity index (χ1) is 21.1. The van der Waals surface area contributed by atoms with Gasteiger partial charge < -0.3 is 13.8 Å². The minimum absolute atomic E-state index is 0.766. The second-order valence-electron chi connectivity index (χ2n) is 11.1. The summed E-state index contributed by atoms with van der Waals surface area (Å²) in [5, 5.41) is 0. The van der Waals surface area contributed by atoms with Crippen molar-refractivity contribution in [3.8, 4) is 11.3 Å². The third-order valence-electron chi connectivity index (χ3n) is 8.17. The highest BCUT2D eigenvalue weighted by molar-refractivity contribution is 6.30. The number of rotatable bonds is 3. The molecular formula is C39H28N2O2. The standard InChI is InChI=1S/C39H28N2O2/c1-24-8-12-27(13-9-24)38-33-17-16-31(40-33)29-22-42-23-30(29)37(26-6-4-3-5-7-26)32-18-19-34(41-32)39(36-21-20-35(38)43-36)28-14-10-25(2)11-15-28/h3-23,40H,1-2H3/b37-32-,38-35-,39-36-. The fraction of sp³-hybridized carbons (Fsp3) is 0.0513. The minimum atomic E-state index is 0.766. The summed E-state index contributed by atoms with van der Waals surface area (Å²) in [6.07, 6.45) is 7.82. The second kappa shape index (κ2) is 10.0. The molecule has 3 aromatic carbocycles. The van der Waals surface area contributed by atoms with Crippen molar-refractivity contribution in [2.24, 2.45) is 4.99 Å². The normalized spacial score (nSPS) is 18.3. The smallest absolute Gasteiger partial charge is 0.137 e. The van der Waals surface area contributed by atoms with Gasteiger partial charge in [-0.2, -0.15) is 0 Å². The summed E-state index contributed by atoms with van der Waals surface area (Å²) >= 11 is 0. The number of fused-ring (bicyclic) bond motifs is 7. The van der Waals surface area contributed by atoms with E-state index in [9.17, 15) is 0 Å². The molecule has 206 valence electrons. The van der Waals surface area contributed by atoms with Gasteiger partial charge >= 0.3 is 0 Å². The predicted molar refractivity (Wildman–Crippen MR) is 172 cm³/mol. The summed E-state index contributed by atoms with van der Waals surface area (Å²) in [4.78, 5) is 8.96. The van der Waals surface area contributed by atoms with Crippen molar-refractivity contribution in [2.45, 2.75) is 13.8 Å². The van der Waals surface area contributed by atoms with Crippen molar-refractivity contribution in [1.29, 1.82) is 0 Å². The fourth-order valence-corrected chi connectivity index (χ4v) is 5.98. The van der Waals surface area contributed by atoms with E-state index in [-0.39, 0.29) is 0 Å². The van der Waals surface area contributed by atoms with Crippen molar-refractivity contribution in [1.82, 2.24) is 4.98 Å². The summed E-state index contributed by atoms with van der Waals surface area (Å²) < 4.78 is 12.7. The Kier molecular flexibility index (Phi) is 5.86. The van der Waals surface area contributed by atoms with Gasteiger partial charge in [0.05, 0.1) is 28.9 Å². The Morgan fingerprint density at radius 1 is 0.535 bits per heavy atom. The lowest BCUT2D eigenvalue weighted by molar-refractivity contribution is 0.499. The van der Waals surface area contributed by atoms with Crippen LogP contribution in [0.4, 0.5) is 0 Å². The van der Waals surface area contributed by atoms with Crippen LogP contribution in [0.15, 0.2) is 147 Å². The van der Waals surface area contributed by atoms with Crippen LogP contribution in [0.5, 0.6) is 0 Å². The Morgan fingerprint density at radius 2 is 1.14 bits per heavy atom. The van der Waals surface area contributed by atoms with Crippen molar-refractivity contribution in [3.63, 3.8) is 0 Å². The molecule has 43 heavy (non-hydrogen) atoms. The average Bonchev–Trinajstić information content (AvgIpc) is 3.85. The average molecular weight is 557 g/mol. The summed E-state index contributed by atoms with van der Waals surface area (Å²) in [7, 11) is 0. The molecule has 8 rings (SSSR count). The monoisotopic (exact) mass is 556 g/mol. The summed E-state index contributed by atoms with van der Waals surface area (Å²) in [5.74, 6) is 0. The third-order valence-corrected chi connectivity index (χ3v) is 8.17. The molecule has 0 saturated carbocycles. The first-order valence-corrected chi connectivity index (χ1v) is 14.4. The molecule has 6 aromatic rings. The van der Waals surface area contributed by atoms with E-state index in [4.69, 9.17) is 13.8 Å². The van der Waals surface area contributed by atoms with Gasteiger partial charge in [-0.05, 0) is 67.0 Å². The Morgan fingerprint density at radius 3 is 1.86 bits per heavy atom. The highest BCUT2D eigenvalue weighted by atomic mass is 16.3. The molecule has 3 aromatic heterocycles. The lowest BCUT2D eigenvalue weighted by Crippen LogP contribution is -2.14. The number of hydrogen-bond donors (Lipinski definition) is 1. The van der Waals surface area contributed by atoms with Crippen LogP contribution in [0.2, 0.25) is 0 Å². The maximum atomic E-state index is 6.76. The topological polar surface area (TPSA) is 54.4 Å². The van der Waals surface area contributed by atoms with E-state index in [2.05, 4.69) is 128 Å². The molecule has 0 atom stereocenters. The van der Waals surface area contributed by atoms with Gasteiger partial charge in [-0.3, -0.25) is 0 Å². The molecular weight excluding hydrogens is 528 g/mol. The lowest BCUT2D eigenvalue weighted by atomic mass is 9.94. The summed E-state index contributed by atoms with van der Waals surface area (Å²) in [5.41, 5.74) is 15.7. The zero-order valence-electron chi connectivity index (χ0n) is 23.9. The van der Waals surface area contributed by atoms with Crippen molar-refractivity contribution in [2.75, 3.05) is 0 Å². The third kappa shape index (κ3) is 4.36. The first kappa shape index (κ1) is 25.1. The first-order valence-electron chi connectivity index (χ1n) is 14.4. The molecule has 1 N–H and O–H groups in total. The number of aliphatic imine (C=N–C) groups is 1. The molecule has 2 aliphatic rings. The van der Waals surface area contributed by atoms with E-state index in [0.717, 1.165) is 78.2 Å². The largest absolute Gasteiger partial charge is 0.471 e. The number of hydrogen-bond acceptors (Lipinski definition) is 3.